The van der Waals surface area contributed by atoms with Crippen LogP contribution < -0.4 is 16.0 Å². The first-order valence-electron chi connectivity index (χ1n) is 8.62. The van der Waals surface area contributed by atoms with Crippen molar-refractivity contribution in [2.24, 2.45) is 16.8 Å². The summed E-state index contributed by atoms with van der Waals surface area (Å²) >= 11 is 0. The predicted octanol–water partition coefficient (Wildman–Crippen LogP) is 1.50. The van der Waals surface area contributed by atoms with E-state index in [4.69, 9.17) is 0 Å². The highest BCUT2D eigenvalue weighted by Gasteiger charge is 2.14. The molecule has 0 saturated carbocycles. The molecule has 6 nitrogen and oxygen atoms in total. The molecule has 1 atom stereocenters. The average molecular weight is 329 g/mol. The van der Waals surface area contributed by atoms with Crippen molar-refractivity contribution >= 4 is 11.9 Å². The molecule has 1 amide bonds. The molecule has 0 aromatic rings. The van der Waals surface area contributed by atoms with Crippen LogP contribution in [0, 0.1) is 11.8 Å². The van der Waals surface area contributed by atoms with Crippen LogP contribution in [0.25, 0.3) is 0 Å². The van der Waals surface area contributed by atoms with E-state index in [2.05, 4.69) is 34.8 Å². The maximum Gasteiger partial charge on any atom is 0.242 e. The molecule has 4 N–H and O–H groups in total. The van der Waals surface area contributed by atoms with Gasteiger partial charge < -0.3 is 21.1 Å². The van der Waals surface area contributed by atoms with E-state index in [1.165, 1.54) is 0 Å². The number of carbonyl (C=O) groups is 1. The number of hydrogen-bond acceptors (Lipinski definition) is 3. The molecule has 136 valence electrons. The number of amides is 1. The van der Waals surface area contributed by atoms with E-state index < -0.39 is 0 Å². The van der Waals surface area contributed by atoms with Crippen LogP contribution in [-0.4, -0.2) is 48.8 Å². The molecule has 0 aliphatic carbocycles. The summed E-state index contributed by atoms with van der Waals surface area (Å²) < 4.78 is 0. The number of carbonyl (C=O) groups excluding carboxylic acids is 1. The lowest BCUT2D eigenvalue weighted by atomic mass is 9.94. The maximum absolute atomic E-state index is 11.8. The fraction of sp³-hybridized carbons (Fsp3) is 0.882. The minimum Gasteiger partial charge on any atom is -0.396 e. The Kier molecular flexibility index (Phi) is 10.6. The van der Waals surface area contributed by atoms with E-state index in [1.54, 1.807) is 0 Å². The van der Waals surface area contributed by atoms with Crippen molar-refractivity contribution in [3.8, 4) is 0 Å². The van der Waals surface area contributed by atoms with Crippen LogP contribution in [0.5, 0.6) is 0 Å². The van der Waals surface area contributed by atoms with E-state index in [1.807, 2.05) is 27.7 Å². The zero-order valence-electron chi connectivity index (χ0n) is 15.7. The predicted molar refractivity (Wildman–Crippen MR) is 96.5 cm³/mol. The van der Waals surface area contributed by atoms with Gasteiger partial charge in [-0.1, -0.05) is 13.8 Å². The summed E-state index contributed by atoms with van der Waals surface area (Å²) in [6, 6.07) is 0. The molecule has 0 aliphatic heterocycles. The molecule has 0 rings (SSSR count). The topological polar surface area (TPSA) is 85.8 Å². The van der Waals surface area contributed by atoms with Gasteiger partial charge in [0.15, 0.2) is 5.96 Å². The molecule has 1 unspecified atom stereocenters. The number of aliphatic hydroxyl groups excluding tert-OH is 1. The van der Waals surface area contributed by atoms with Gasteiger partial charge in [0.25, 0.3) is 0 Å². The zero-order valence-corrected chi connectivity index (χ0v) is 15.7. The van der Waals surface area contributed by atoms with Crippen molar-refractivity contribution in [3.05, 3.63) is 0 Å². The third kappa shape index (κ3) is 12.9. The van der Waals surface area contributed by atoms with Crippen LogP contribution in [-0.2, 0) is 4.79 Å². The van der Waals surface area contributed by atoms with E-state index in [9.17, 15) is 9.90 Å². The quantitative estimate of drug-likeness (QED) is 0.382. The Bertz CT molecular complexity index is 362. The molecule has 0 aromatic heterocycles. The number of rotatable bonds is 9. The molecule has 0 spiro atoms. The minimum absolute atomic E-state index is 0.0937. The lowest BCUT2D eigenvalue weighted by molar-refractivity contribution is -0.121. The molecule has 0 aliphatic rings. The lowest BCUT2D eigenvalue weighted by Gasteiger charge is -2.21. The van der Waals surface area contributed by atoms with Crippen LogP contribution in [0.4, 0.5) is 0 Å². The highest BCUT2D eigenvalue weighted by molar-refractivity contribution is 5.85. The second-order valence-electron chi connectivity index (χ2n) is 7.38. The fourth-order valence-electron chi connectivity index (χ4n) is 2.34. The average Bonchev–Trinajstić information content (AvgIpc) is 2.39. The number of aliphatic imine (C=N–C) groups is 1. The van der Waals surface area contributed by atoms with E-state index in [0.29, 0.717) is 17.8 Å². The Balaban J connectivity index is 4.52. The van der Waals surface area contributed by atoms with E-state index in [0.717, 1.165) is 25.9 Å². The Morgan fingerprint density at radius 3 is 2.35 bits per heavy atom. The Labute approximate surface area is 141 Å². The molecular weight excluding hydrogens is 292 g/mol. The lowest BCUT2D eigenvalue weighted by Crippen LogP contribution is -2.44. The number of nitrogens with one attached hydrogen (secondary N) is 3. The first-order chi connectivity index (χ1) is 10.7. The van der Waals surface area contributed by atoms with Crippen LogP contribution in [0.1, 0.15) is 54.4 Å². The highest BCUT2D eigenvalue weighted by atomic mass is 16.3. The van der Waals surface area contributed by atoms with Crippen molar-refractivity contribution in [1.29, 1.82) is 0 Å². The van der Waals surface area contributed by atoms with Gasteiger partial charge in [-0.05, 0) is 52.4 Å². The van der Waals surface area contributed by atoms with Gasteiger partial charge in [0.2, 0.25) is 5.91 Å². The standard InChI is InChI=1S/C17H36N4O2/c1-7-18-16(20-12-15(23)21-17(4,5)6)19-11-14(8-9-22)10-13(2)3/h13-14,22H,7-12H2,1-6H3,(H,21,23)(H2,18,19,20). The van der Waals surface area contributed by atoms with Crippen molar-refractivity contribution in [2.75, 3.05) is 26.2 Å². The van der Waals surface area contributed by atoms with Crippen molar-refractivity contribution in [3.63, 3.8) is 0 Å². The second kappa shape index (κ2) is 11.3. The summed E-state index contributed by atoms with van der Waals surface area (Å²) in [7, 11) is 0. The maximum atomic E-state index is 11.8. The largest absolute Gasteiger partial charge is 0.396 e. The first-order valence-corrected chi connectivity index (χ1v) is 8.62. The fourth-order valence-corrected chi connectivity index (χ4v) is 2.34. The molecular formula is C17H36N4O2. The molecule has 6 heteroatoms. The first kappa shape index (κ1) is 21.7. The summed E-state index contributed by atoms with van der Waals surface area (Å²) in [4.78, 5) is 16.2. The molecule has 0 bridgehead atoms. The van der Waals surface area contributed by atoms with Crippen LogP contribution in [0.3, 0.4) is 0 Å². The molecule has 0 heterocycles. The van der Waals surface area contributed by atoms with Gasteiger partial charge in [-0.25, -0.2) is 4.99 Å². The van der Waals surface area contributed by atoms with Gasteiger partial charge in [0, 0.05) is 25.2 Å². The Morgan fingerprint density at radius 1 is 1.22 bits per heavy atom. The van der Waals surface area contributed by atoms with Gasteiger partial charge in [0.05, 0.1) is 0 Å². The molecule has 0 fully saturated rings. The highest BCUT2D eigenvalue weighted by Crippen LogP contribution is 2.14. The number of aliphatic hydroxyl groups is 1. The normalized spacial score (nSPS) is 13.8. The van der Waals surface area contributed by atoms with E-state index >= 15 is 0 Å². The Hall–Kier alpha value is -1.30. The SMILES string of the molecule is CCNC(=NCC(=O)NC(C)(C)C)NCC(CCO)CC(C)C. The third-order valence-corrected chi connectivity index (χ3v) is 3.14. The summed E-state index contributed by atoms with van der Waals surface area (Å²) in [6.07, 6.45) is 1.83. The van der Waals surface area contributed by atoms with Crippen LogP contribution >= 0.6 is 0 Å². The van der Waals surface area contributed by atoms with Gasteiger partial charge in [0.1, 0.15) is 6.54 Å². The van der Waals surface area contributed by atoms with Gasteiger partial charge in [-0.3, -0.25) is 4.79 Å². The third-order valence-electron chi connectivity index (χ3n) is 3.14. The second-order valence-corrected chi connectivity index (χ2v) is 7.38. The number of nitrogens with zero attached hydrogens (tertiary/aromatic N) is 1. The molecule has 0 saturated heterocycles. The number of guanidine groups is 1. The van der Waals surface area contributed by atoms with Gasteiger partial charge in [-0.2, -0.15) is 0 Å². The minimum atomic E-state index is -0.248. The van der Waals surface area contributed by atoms with Crippen LogP contribution in [0.15, 0.2) is 4.99 Å². The summed E-state index contributed by atoms with van der Waals surface area (Å²) in [6.45, 7) is 14.0. The van der Waals surface area contributed by atoms with E-state index in [-0.39, 0.29) is 24.6 Å². The van der Waals surface area contributed by atoms with Gasteiger partial charge >= 0.3 is 0 Å². The summed E-state index contributed by atoms with van der Waals surface area (Å²) in [5.41, 5.74) is -0.248. The van der Waals surface area contributed by atoms with Crippen LogP contribution in [0.2, 0.25) is 0 Å². The zero-order chi connectivity index (χ0) is 17.9. The summed E-state index contributed by atoms with van der Waals surface area (Å²) in [5, 5.41) is 18.5. The monoisotopic (exact) mass is 328 g/mol. The van der Waals surface area contributed by atoms with Gasteiger partial charge in [-0.15, -0.1) is 0 Å². The Morgan fingerprint density at radius 2 is 1.87 bits per heavy atom. The molecule has 0 aromatic carbocycles. The summed E-state index contributed by atoms with van der Waals surface area (Å²) in [5.74, 6) is 1.53. The smallest absolute Gasteiger partial charge is 0.242 e. The molecule has 0 radical (unpaired) electrons. The van der Waals surface area contributed by atoms with Crippen molar-refractivity contribution < 1.29 is 9.90 Å². The van der Waals surface area contributed by atoms with Crippen molar-refractivity contribution in [2.45, 2.75) is 59.9 Å². The molecule has 23 heavy (non-hydrogen) atoms. The van der Waals surface area contributed by atoms with Crippen molar-refractivity contribution in [1.82, 2.24) is 16.0 Å². The number of hydrogen-bond donors (Lipinski definition) is 4.